The maximum Gasteiger partial charge on any atom is 0.183 e. The monoisotopic (exact) mass is 364 g/mol. The highest BCUT2D eigenvalue weighted by Crippen LogP contribution is 2.11. The molecule has 0 fully saturated rings. The van der Waals surface area contributed by atoms with Crippen LogP contribution in [0.3, 0.4) is 0 Å². The summed E-state index contributed by atoms with van der Waals surface area (Å²) in [6.45, 7) is 20.2. The summed E-state index contributed by atoms with van der Waals surface area (Å²) in [4.78, 5) is 0. The lowest BCUT2D eigenvalue weighted by molar-refractivity contribution is -0.0238. The molecule has 6 heteroatoms. The Morgan fingerprint density at radius 3 is 2.00 bits per heavy atom. The van der Waals surface area contributed by atoms with Gasteiger partial charge in [0.2, 0.25) is 0 Å². The Kier molecular flexibility index (Phi) is 12.8. The molecule has 1 atom stereocenters. The van der Waals surface area contributed by atoms with Gasteiger partial charge in [-0.05, 0) is 39.4 Å². The molecule has 4 nitrogen and oxygen atoms in total. The second kappa shape index (κ2) is 12.6. The van der Waals surface area contributed by atoms with Gasteiger partial charge in [-0.1, -0.05) is 25.7 Å². The van der Waals surface area contributed by atoms with Crippen molar-refractivity contribution in [2.24, 2.45) is 0 Å². The first kappa shape index (κ1) is 23.3. The van der Waals surface area contributed by atoms with Crippen LogP contribution in [0.4, 0.5) is 0 Å². The van der Waals surface area contributed by atoms with Crippen LogP contribution < -0.4 is 0 Å². The Labute approximate surface area is 146 Å². The van der Waals surface area contributed by atoms with Gasteiger partial charge in [-0.3, -0.25) is 0 Å². The Balaban J connectivity index is 3.28. The van der Waals surface area contributed by atoms with Crippen molar-refractivity contribution in [2.45, 2.75) is 71.2 Å². The third-order valence-electron chi connectivity index (χ3n) is 3.17. The molecule has 23 heavy (non-hydrogen) atoms. The molecule has 0 bridgehead atoms. The summed E-state index contributed by atoms with van der Waals surface area (Å²) in [6, 6.07) is 1.33. The van der Waals surface area contributed by atoms with Crippen molar-refractivity contribution in [3.8, 4) is 0 Å². The van der Waals surface area contributed by atoms with Crippen LogP contribution in [0.5, 0.6) is 0 Å². The van der Waals surface area contributed by atoms with Crippen LogP contribution in [-0.2, 0) is 18.6 Å². The lowest BCUT2D eigenvalue weighted by Crippen LogP contribution is -2.26. The van der Waals surface area contributed by atoms with E-state index in [0.717, 1.165) is 26.2 Å². The first-order valence-corrected chi connectivity index (χ1v) is 16.1. The van der Waals surface area contributed by atoms with Crippen molar-refractivity contribution >= 4 is 16.4 Å². The maximum atomic E-state index is 5.77. The van der Waals surface area contributed by atoms with Gasteiger partial charge in [-0.15, -0.1) is 0 Å². The Bertz CT molecular complexity index is 275. The van der Waals surface area contributed by atoms with E-state index in [-0.39, 0.29) is 6.10 Å². The van der Waals surface area contributed by atoms with E-state index in [0.29, 0.717) is 19.8 Å². The van der Waals surface area contributed by atoms with Crippen LogP contribution in [-0.4, -0.2) is 62.1 Å². The minimum atomic E-state index is -1.37. The van der Waals surface area contributed by atoms with Crippen LogP contribution >= 0.6 is 0 Å². The summed E-state index contributed by atoms with van der Waals surface area (Å²) in [7, 11) is -2.29. The normalized spacial score (nSPS) is 14.2. The number of ether oxygens (including phenoxy) is 3. The van der Waals surface area contributed by atoms with E-state index in [1.54, 1.807) is 0 Å². The molecule has 140 valence electrons. The van der Waals surface area contributed by atoms with E-state index in [9.17, 15) is 0 Å². The van der Waals surface area contributed by atoms with E-state index in [2.05, 4.69) is 46.2 Å². The van der Waals surface area contributed by atoms with E-state index in [4.69, 9.17) is 18.6 Å². The van der Waals surface area contributed by atoms with Crippen molar-refractivity contribution < 1.29 is 18.6 Å². The lowest BCUT2D eigenvalue weighted by Gasteiger charge is -2.17. The topological polar surface area (TPSA) is 36.9 Å². The van der Waals surface area contributed by atoms with Gasteiger partial charge in [0.1, 0.15) is 0 Å². The van der Waals surface area contributed by atoms with E-state index in [1.165, 1.54) is 12.5 Å². The highest BCUT2D eigenvalue weighted by atomic mass is 28.4. The zero-order valence-corrected chi connectivity index (χ0v) is 18.6. The molecular formula is C17H40O4Si2. The lowest BCUT2D eigenvalue weighted by atomic mass is 10.4. The molecular weight excluding hydrogens is 324 g/mol. The SMILES string of the molecule is CC(COCCOCCCO[Si](C)(C)C)OCCC[Si](C)(C)C. The number of rotatable bonds is 15. The van der Waals surface area contributed by atoms with Gasteiger partial charge in [0.25, 0.3) is 0 Å². The van der Waals surface area contributed by atoms with Crippen molar-refractivity contribution in [2.75, 3.05) is 39.6 Å². The molecule has 0 aromatic rings. The number of hydrogen-bond donors (Lipinski definition) is 0. The Hall–Kier alpha value is 0.274. The highest BCUT2D eigenvalue weighted by Gasteiger charge is 2.13. The van der Waals surface area contributed by atoms with Gasteiger partial charge < -0.3 is 18.6 Å². The number of hydrogen-bond acceptors (Lipinski definition) is 4. The van der Waals surface area contributed by atoms with E-state index >= 15 is 0 Å². The van der Waals surface area contributed by atoms with E-state index < -0.39 is 16.4 Å². The summed E-state index contributed by atoms with van der Waals surface area (Å²) in [5.74, 6) is 0. The maximum absolute atomic E-state index is 5.77. The second-order valence-corrected chi connectivity index (χ2v) is 18.5. The summed E-state index contributed by atoms with van der Waals surface area (Å²) in [5.41, 5.74) is 0. The second-order valence-electron chi connectivity index (χ2n) is 8.35. The molecule has 0 aliphatic carbocycles. The minimum absolute atomic E-state index is 0.168. The molecule has 0 N–H and O–H groups in total. The predicted molar refractivity (Wildman–Crippen MR) is 104 cm³/mol. The summed E-state index contributed by atoms with van der Waals surface area (Å²) in [5, 5.41) is 0. The molecule has 0 rings (SSSR count). The first-order valence-electron chi connectivity index (χ1n) is 9.01. The third kappa shape index (κ3) is 20.2. The van der Waals surface area contributed by atoms with Crippen LogP contribution in [0.15, 0.2) is 0 Å². The summed E-state index contributed by atoms with van der Waals surface area (Å²) < 4.78 is 22.7. The standard InChI is InChI=1S/C17H40O4Si2/c1-17(20-11-9-15-22(2,3)4)16-19-14-13-18-10-8-12-21-23(5,6)7/h17H,8-16H2,1-7H3. The van der Waals surface area contributed by atoms with Gasteiger partial charge in [-0.2, -0.15) is 0 Å². The summed E-state index contributed by atoms with van der Waals surface area (Å²) in [6.07, 6.45) is 2.30. The molecule has 0 radical (unpaired) electrons. The fraction of sp³-hybridized carbons (Fsp3) is 1.00. The Morgan fingerprint density at radius 1 is 0.739 bits per heavy atom. The smallest absolute Gasteiger partial charge is 0.183 e. The van der Waals surface area contributed by atoms with Gasteiger partial charge >= 0.3 is 0 Å². The molecule has 0 aliphatic rings. The average Bonchev–Trinajstić information content (AvgIpc) is 2.39. The van der Waals surface area contributed by atoms with E-state index in [1.807, 2.05) is 0 Å². The van der Waals surface area contributed by atoms with Gasteiger partial charge in [0.15, 0.2) is 8.32 Å². The zero-order valence-electron chi connectivity index (χ0n) is 16.6. The minimum Gasteiger partial charge on any atom is -0.418 e. The molecule has 0 aliphatic heterocycles. The highest BCUT2D eigenvalue weighted by molar-refractivity contribution is 6.76. The summed E-state index contributed by atoms with van der Waals surface area (Å²) >= 11 is 0. The molecule has 0 aromatic heterocycles. The molecule has 1 unspecified atom stereocenters. The van der Waals surface area contributed by atoms with Gasteiger partial charge in [0.05, 0.1) is 25.9 Å². The fourth-order valence-electron chi connectivity index (χ4n) is 1.94. The largest absolute Gasteiger partial charge is 0.418 e. The molecule has 0 heterocycles. The Morgan fingerprint density at radius 2 is 1.39 bits per heavy atom. The van der Waals surface area contributed by atoms with Crippen LogP contribution in [0.1, 0.15) is 19.8 Å². The molecule has 0 saturated heterocycles. The third-order valence-corrected chi connectivity index (χ3v) is 6.09. The molecule has 0 saturated carbocycles. The first-order chi connectivity index (χ1) is 10.6. The van der Waals surface area contributed by atoms with Crippen molar-refractivity contribution in [3.63, 3.8) is 0 Å². The van der Waals surface area contributed by atoms with Crippen molar-refractivity contribution in [3.05, 3.63) is 0 Å². The van der Waals surface area contributed by atoms with Crippen LogP contribution in [0.2, 0.25) is 45.3 Å². The van der Waals surface area contributed by atoms with Gasteiger partial charge in [-0.25, -0.2) is 0 Å². The quantitative estimate of drug-likeness (QED) is 0.319. The van der Waals surface area contributed by atoms with Crippen molar-refractivity contribution in [1.29, 1.82) is 0 Å². The van der Waals surface area contributed by atoms with Crippen LogP contribution in [0.25, 0.3) is 0 Å². The zero-order chi connectivity index (χ0) is 17.8. The van der Waals surface area contributed by atoms with Gasteiger partial charge in [0, 0.05) is 27.9 Å². The fourth-order valence-corrected chi connectivity index (χ4v) is 3.91. The molecule has 0 aromatic carbocycles. The molecule has 0 spiro atoms. The predicted octanol–water partition coefficient (Wildman–Crippen LogP) is 4.39. The van der Waals surface area contributed by atoms with Crippen LogP contribution in [0, 0.1) is 0 Å². The van der Waals surface area contributed by atoms with Crippen molar-refractivity contribution in [1.82, 2.24) is 0 Å². The average molecular weight is 365 g/mol. The molecule has 0 amide bonds.